The van der Waals surface area contributed by atoms with Gasteiger partial charge in [0.2, 0.25) is 0 Å². The van der Waals surface area contributed by atoms with E-state index < -0.39 is 12.2 Å². The molecule has 9 heteroatoms. The normalized spacial score (nSPS) is 17.6. The van der Waals surface area contributed by atoms with Crippen molar-refractivity contribution in [3.8, 4) is 11.5 Å². The van der Waals surface area contributed by atoms with E-state index in [1.807, 2.05) is 37.3 Å². The Labute approximate surface area is 221 Å². The molecule has 1 aliphatic heterocycles. The molecule has 2 amide bonds. The van der Waals surface area contributed by atoms with Gasteiger partial charge in [0, 0.05) is 11.3 Å². The molecule has 0 spiro atoms. The highest BCUT2D eigenvalue weighted by Crippen LogP contribution is 2.34. The van der Waals surface area contributed by atoms with E-state index in [1.54, 1.807) is 31.4 Å². The van der Waals surface area contributed by atoms with Crippen LogP contribution in [0.1, 0.15) is 60.7 Å². The monoisotopic (exact) mass is 517 g/mol. The van der Waals surface area contributed by atoms with Crippen LogP contribution in [0.3, 0.4) is 0 Å². The Morgan fingerprint density at radius 3 is 2.58 bits per heavy atom. The predicted octanol–water partition coefficient (Wildman–Crippen LogP) is 6.00. The third-order valence-corrected chi connectivity index (χ3v) is 6.70. The fourth-order valence-corrected chi connectivity index (χ4v) is 4.67. The van der Waals surface area contributed by atoms with E-state index in [-0.39, 0.29) is 24.3 Å². The van der Waals surface area contributed by atoms with E-state index in [1.165, 1.54) is 24.1 Å². The van der Waals surface area contributed by atoms with Gasteiger partial charge in [0.1, 0.15) is 11.8 Å². The maximum absolute atomic E-state index is 12.8. The average Bonchev–Trinajstić information content (AvgIpc) is 3.66. The number of ether oxygens (including phenoxy) is 3. The third kappa shape index (κ3) is 5.66. The lowest BCUT2D eigenvalue weighted by Gasteiger charge is -2.29. The summed E-state index contributed by atoms with van der Waals surface area (Å²) in [4.78, 5) is 25.0. The van der Waals surface area contributed by atoms with Gasteiger partial charge in [-0.15, -0.1) is 0 Å². The highest BCUT2D eigenvalue weighted by molar-refractivity contribution is 6.06. The number of hydrogen-bond donors (Lipinski definition) is 1. The van der Waals surface area contributed by atoms with Crippen molar-refractivity contribution in [2.24, 2.45) is 5.10 Å². The third-order valence-electron chi connectivity index (χ3n) is 6.70. The van der Waals surface area contributed by atoms with Crippen molar-refractivity contribution < 1.29 is 28.2 Å². The zero-order valence-corrected chi connectivity index (χ0v) is 21.5. The fraction of sp³-hybridized carbons (Fsp3) is 0.345. The molecule has 198 valence electrons. The Balaban J connectivity index is 1.34. The molecule has 1 atom stereocenters. The smallest absolute Gasteiger partial charge is 0.431 e. The molecule has 1 aromatic heterocycles. The van der Waals surface area contributed by atoms with Crippen LogP contribution in [-0.4, -0.2) is 42.0 Å². The first-order chi connectivity index (χ1) is 18.5. The molecule has 3 aromatic rings. The number of hydrogen-bond acceptors (Lipinski definition) is 7. The van der Waals surface area contributed by atoms with Crippen molar-refractivity contribution in [1.29, 1.82) is 0 Å². The van der Waals surface area contributed by atoms with Gasteiger partial charge in [-0.05, 0) is 80.1 Å². The van der Waals surface area contributed by atoms with Gasteiger partial charge in [-0.25, -0.2) is 4.79 Å². The number of hydrazone groups is 1. The molecule has 0 saturated heterocycles. The number of cyclic esters (lactones) is 1. The summed E-state index contributed by atoms with van der Waals surface area (Å²) in [5.74, 6) is 1.23. The van der Waals surface area contributed by atoms with Crippen molar-refractivity contribution in [2.75, 3.05) is 12.4 Å². The second-order valence-electron chi connectivity index (χ2n) is 9.34. The van der Waals surface area contributed by atoms with Gasteiger partial charge in [0.25, 0.3) is 5.91 Å². The number of amides is 2. The van der Waals surface area contributed by atoms with Gasteiger partial charge in [0.15, 0.2) is 17.3 Å². The first-order valence-corrected chi connectivity index (χ1v) is 12.9. The van der Waals surface area contributed by atoms with Gasteiger partial charge in [0.05, 0.1) is 26.0 Å². The predicted molar refractivity (Wildman–Crippen MR) is 142 cm³/mol. The standard InChI is InChI=1S/C29H31N3O6/c1-3-23-27(20-12-15-24(35-2)26(17-20)37-22-7-4-5-8-22)31-32(29(34)38-23)18-19-10-13-21(14-11-19)30-28(33)25-9-6-16-36-25/h6,9-17,22-23H,3-5,7-8,18H2,1-2H3,(H,30,33). The summed E-state index contributed by atoms with van der Waals surface area (Å²) in [6.07, 6.45) is 5.63. The molecular formula is C29H31N3O6. The molecule has 5 rings (SSSR count). The summed E-state index contributed by atoms with van der Waals surface area (Å²) in [7, 11) is 1.63. The molecule has 1 unspecified atom stereocenters. The molecule has 1 saturated carbocycles. The van der Waals surface area contributed by atoms with E-state index >= 15 is 0 Å². The molecule has 2 aliphatic rings. The van der Waals surface area contributed by atoms with E-state index in [9.17, 15) is 9.59 Å². The largest absolute Gasteiger partial charge is 0.493 e. The molecule has 1 N–H and O–H groups in total. The van der Waals surface area contributed by atoms with Crippen LogP contribution in [0.4, 0.5) is 10.5 Å². The topological polar surface area (TPSA) is 103 Å². The fourth-order valence-electron chi connectivity index (χ4n) is 4.67. The Hall–Kier alpha value is -4.27. The molecule has 0 radical (unpaired) electrons. The second-order valence-corrected chi connectivity index (χ2v) is 9.34. The van der Waals surface area contributed by atoms with Crippen LogP contribution in [-0.2, 0) is 11.3 Å². The Kier molecular flexibility index (Phi) is 7.62. The highest BCUT2D eigenvalue weighted by atomic mass is 16.6. The molecule has 9 nitrogen and oxygen atoms in total. The van der Waals surface area contributed by atoms with Gasteiger partial charge < -0.3 is 23.9 Å². The number of nitrogens with zero attached hydrogens (tertiary/aromatic N) is 2. The summed E-state index contributed by atoms with van der Waals surface area (Å²) in [5, 5.41) is 8.81. The van der Waals surface area contributed by atoms with Crippen LogP contribution in [0.15, 0.2) is 70.4 Å². The summed E-state index contributed by atoms with van der Waals surface area (Å²) in [6, 6.07) is 16.1. The summed E-state index contributed by atoms with van der Waals surface area (Å²) >= 11 is 0. The minimum absolute atomic E-state index is 0.176. The Bertz CT molecular complexity index is 1300. The number of rotatable bonds is 9. The number of furan rings is 1. The van der Waals surface area contributed by atoms with E-state index in [0.29, 0.717) is 29.3 Å². The van der Waals surface area contributed by atoms with Crippen molar-refractivity contribution in [3.05, 3.63) is 77.7 Å². The van der Waals surface area contributed by atoms with Crippen molar-refractivity contribution in [1.82, 2.24) is 5.01 Å². The minimum atomic E-state index is -0.508. The first-order valence-electron chi connectivity index (χ1n) is 12.9. The number of benzene rings is 2. The molecule has 1 fully saturated rings. The number of carbonyl (C=O) groups excluding carboxylic acids is 2. The zero-order valence-electron chi connectivity index (χ0n) is 21.5. The van der Waals surface area contributed by atoms with Crippen molar-refractivity contribution >= 4 is 23.4 Å². The van der Waals surface area contributed by atoms with Gasteiger partial charge in [-0.1, -0.05) is 19.1 Å². The van der Waals surface area contributed by atoms with Crippen LogP contribution in [0, 0.1) is 0 Å². The summed E-state index contributed by atoms with van der Waals surface area (Å²) in [5.41, 5.74) is 2.92. The zero-order chi connectivity index (χ0) is 26.5. The Morgan fingerprint density at radius 1 is 1.11 bits per heavy atom. The van der Waals surface area contributed by atoms with Crippen LogP contribution < -0.4 is 14.8 Å². The van der Waals surface area contributed by atoms with E-state index in [2.05, 4.69) is 5.32 Å². The van der Waals surface area contributed by atoms with Crippen molar-refractivity contribution in [3.63, 3.8) is 0 Å². The highest BCUT2D eigenvalue weighted by Gasteiger charge is 2.31. The van der Waals surface area contributed by atoms with Gasteiger partial charge >= 0.3 is 6.09 Å². The number of methoxy groups -OCH3 is 1. The number of nitrogens with one attached hydrogen (secondary N) is 1. The Morgan fingerprint density at radius 2 is 1.89 bits per heavy atom. The van der Waals surface area contributed by atoms with Gasteiger partial charge in [-0.3, -0.25) is 4.79 Å². The first kappa shape index (κ1) is 25.4. The minimum Gasteiger partial charge on any atom is -0.493 e. The SMILES string of the molecule is CCC1OC(=O)N(Cc2ccc(NC(=O)c3ccco3)cc2)N=C1c1ccc(OC)c(OC2CCCC2)c1. The van der Waals surface area contributed by atoms with E-state index in [4.69, 9.17) is 23.7 Å². The van der Waals surface area contributed by atoms with Crippen LogP contribution >= 0.6 is 0 Å². The quantitative estimate of drug-likeness (QED) is 0.374. The molecular weight excluding hydrogens is 486 g/mol. The summed E-state index contributed by atoms with van der Waals surface area (Å²) < 4.78 is 22.7. The molecule has 2 heterocycles. The second kappa shape index (κ2) is 11.4. The maximum Gasteiger partial charge on any atom is 0.431 e. The van der Waals surface area contributed by atoms with Crippen molar-refractivity contribution in [2.45, 2.75) is 57.8 Å². The van der Waals surface area contributed by atoms with Gasteiger partial charge in [-0.2, -0.15) is 10.1 Å². The lowest BCUT2D eigenvalue weighted by molar-refractivity contribution is 0.0712. The van der Waals surface area contributed by atoms with Crippen LogP contribution in [0.2, 0.25) is 0 Å². The summed E-state index contributed by atoms with van der Waals surface area (Å²) in [6.45, 7) is 2.17. The molecule has 2 aromatic carbocycles. The van der Waals surface area contributed by atoms with E-state index in [0.717, 1.165) is 24.0 Å². The average molecular weight is 518 g/mol. The lowest BCUT2D eigenvalue weighted by Crippen LogP contribution is -2.41. The molecule has 1 aliphatic carbocycles. The molecule has 0 bridgehead atoms. The maximum atomic E-state index is 12.8. The number of anilines is 1. The lowest BCUT2D eigenvalue weighted by atomic mass is 10.0. The molecule has 38 heavy (non-hydrogen) atoms. The van der Waals surface area contributed by atoms with Crippen LogP contribution in [0.25, 0.3) is 0 Å². The van der Waals surface area contributed by atoms with Crippen LogP contribution in [0.5, 0.6) is 11.5 Å². The number of carbonyl (C=O) groups is 2.